The lowest BCUT2D eigenvalue weighted by Crippen LogP contribution is -2.25. The quantitative estimate of drug-likeness (QED) is 0.480. The zero-order valence-electron chi connectivity index (χ0n) is 17.5. The van der Waals surface area contributed by atoms with Crippen molar-refractivity contribution in [3.05, 3.63) is 74.3 Å². The van der Waals surface area contributed by atoms with Crippen LogP contribution in [0.4, 0.5) is 4.39 Å². The molecule has 2 aromatic carbocycles. The van der Waals surface area contributed by atoms with Crippen molar-refractivity contribution in [3.8, 4) is 5.75 Å². The van der Waals surface area contributed by atoms with Gasteiger partial charge in [-0.25, -0.2) is 4.39 Å². The molecule has 3 aromatic rings. The Labute approximate surface area is 184 Å². The molecule has 0 aliphatic heterocycles. The van der Waals surface area contributed by atoms with Crippen molar-refractivity contribution in [2.75, 3.05) is 13.7 Å². The third-order valence-electron chi connectivity index (χ3n) is 5.47. The zero-order chi connectivity index (χ0) is 22.9. The molecule has 0 amide bonds. The Morgan fingerprint density at radius 3 is 2.48 bits per heavy atom. The summed E-state index contributed by atoms with van der Waals surface area (Å²) in [5.74, 6) is -0.133. The minimum atomic E-state index is -1.98. The summed E-state index contributed by atoms with van der Waals surface area (Å²) in [5.41, 5.74) is 0.567. The molecule has 0 bridgehead atoms. The molecular weight excluding hydrogens is 425 g/mol. The maximum atomic E-state index is 14.5. The number of methoxy groups -OCH3 is 1. The number of fused-ring (bicyclic) bond motifs is 1. The molecule has 31 heavy (non-hydrogen) atoms. The van der Waals surface area contributed by atoms with Crippen molar-refractivity contribution in [2.24, 2.45) is 5.92 Å². The van der Waals surface area contributed by atoms with Gasteiger partial charge in [-0.2, -0.15) is 0 Å². The van der Waals surface area contributed by atoms with Crippen LogP contribution < -0.4 is 10.2 Å². The van der Waals surface area contributed by atoms with Crippen molar-refractivity contribution in [2.45, 2.75) is 32.6 Å². The monoisotopic (exact) mass is 449 g/mol. The highest BCUT2D eigenvalue weighted by Gasteiger charge is 2.22. The van der Waals surface area contributed by atoms with Gasteiger partial charge in [-0.3, -0.25) is 4.79 Å². The second kappa shape index (κ2) is 9.36. The number of aromatic nitrogens is 1. The first-order chi connectivity index (χ1) is 14.7. The lowest BCUT2D eigenvalue weighted by Gasteiger charge is -2.26. The molecule has 0 radical (unpaired) electrons. The summed E-state index contributed by atoms with van der Waals surface area (Å²) in [6.45, 7) is 3.61. The third-order valence-corrected chi connectivity index (χ3v) is 5.76. The number of hydrogen-bond acceptors (Lipinski definition) is 5. The van der Waals surface area contributed by atoms with Crippen molar-refractivity contribution in [1.29, 1.82) is 0 Å². The standard InChI is InChI=1S/C23H25ClFNO5/c1-12(2)19(11-27)26-10-16(23(29)30)22(28)15-8-14(20(31-3)9-18(15)26)7-13-5-4-6-17(24)21(13)25/h4-6,8-10,12,19,23,27,29-30H,7,11H2,1-3H3/t19-/m1/s1. The topological polar surface area (TPSA) is 91.9 Å². The molecule has 1 aromatic heterocycles. The fraction of sp³-hybridized carbons (Fsp3) is 0.348. The first-order valence-electron chi connectivity index (χ1n) is 9.85. The van der Waals surface area contributed by atoms with E-state index in [-0.39, 0.29) is 34.9 Å². The van der Waals surface area contributed by atoms with Crippen LogP contribution in [-0.4, -0.2) is 33.6 Å². The number of pyridine rings is 1. The number of benzene rings is 2. The van der Waals surface area contributed by atoms with Gasteiger partial charge in [-0.05, 0) is 29.2 Å². The van der Waals surface area contributed by atoms with Gasteiger partial charge in [0.05, 0.1) is 35.9 Å². The van der Waals surface area contributed by atoms with E-state index in [1.165, 1.54) is 19.4 Å². The van der Waals surface area contributed by atoms with Gasteiger partial charge >= 0.3 is 0 Å². The Morgan fingerprint density at radius 2 is 1.90 bits per heavy atom. The van der Waals surface area contributed by atoms with Crippen LogP contribution in [0.3, 0.4) is 0 Å². The van der Waals surface area contributed by atoms with Crippen molar-refractivity contribution >= 4 is 22.5 Å². The number of halogens is 2. The molecule has 3 N–H and O–H groups in total. The van der Waals surface area contributed by atoms with Crippen LogP contribution in [-0.2, 0) is 6.42 Å². The van der Waals surface area contributed by atoms with Crippen LogP contribution in [0.25, 0.3) is 10.9 Å². The number of ether oxygens (including phenoxy) is 1. The highest BCUT2D eigenvalue weighted by molar-refractivity contribution is 6.30. The van der Waals surface area contributed by atoms with E-state index in [0.717, 1.165) is 0 Å². The van der Waals surface area contributed by atoms with Gasteiger partial charge in [0.1, 0.15) is 11.6 Å². The van der Waals surface area contributed by atoms with Crippen molar-refractivity contribution < 1.29 is 24.4 Å². The lowest BCUT2D eigenvalue weighted by molar-refractivity contribution is -0.0437. The lowest BCUT2D eigenvalue weighted by atomic mass is 9.98. The SMILES string of the molecule is COc1cc2c(cc1Cc1cccc(Cl)c1F)c(=O)c(C(O)O)cn2[C@H](CO)C(C)C. The van der Waals surface area contributed by atoms with E-state index in [1.54, 1.807) is 28.8 Å². The fourth-order valence-corrected chi connectivity index (χ4v) is 3.93. The molecule has 0 aliphatic carbocycles. The second-order valence-corrected chi connectivity index (χ2v) is 8.17. The van der Waals surface area contributed by atoms with Gasteiger partial charge in [-0.15, -0.1) is 0 Å². The minimum Gasteiger partial charge on any atom is -0.496 e. The zero-order valence-corrected chi connectivity index (χ0v) is 18.2. The van der Waals surface area contributed by atoms with Crippen LogP contribution in [0.5, 0.6) is 5.75 Å². The van der Waals surface area contributed by atoms with E-state index >= 15 is 0 Å². The van der Waals surface area contributed by atoms with E-state index in [0.29, 0.717) is 22.4 Å². The first kappa shape index (κ1) is 23.2. The smallest absolute Gasteiger partial charge is 0.197 e. The van der Waals surface area contributed by atoms with Gasteiger partial charge in [0.25, 0.3) is 0 Å². The van der Waals surface area contributed by atoms with E-state index in [4.69, 9.17) is 16.3 Å². The average Bonchev–Trinajstić information content (AvgIpc) is 2.72. The normalized spacial score (nSPS) is 12.7. The molecule has 166 valence electrons. The molecule has 1 heterocycles. The van der Waals surface area contributed by atoms with Crippen molar-refractivity contribution in [1.82, 2.24) is 4.57 Å². The van der Waals surface area contributed by atoms with E-state index in [2.05, 4.69) is 0 Å². The molecule has 1 atom stereocenters. The summed E-state index contributed by atoms with van der Waals surface area (Å²) >= 11 is 5.89. The molecule has 0 fully saturated rings. The maximum Gasteiger partial charge on any atom is 0.197 e. The molecule has 3 rings (SSSR count). The van der Waals surface area contributed by atoms with Crippen molar-refractivity contribution in [3.63, 3.8) is 0 Å². The molecule has 6 nitrogen and oxygen atoms in total. The number of aliphatic hydroxyl groups is 3. The Bertz CT molecular complexity index is 1160. The summed E-state index contributed by atoms with van der Waals surface area (Å²) in [7, 11) is 1.47. The molecule has 0 saturated heterocycles. The second-order valence-electron chi connectivity index (χ2n) is 7.76. The number of hydrogen-bond donors (Lipinski definition) is 3. The average molecular weight is 450 g/mol. The largest absolute Gasteiger partial charge is 0.496 e. The molecule has 0 spiro atoms. The Morgan fingerprint density at radius 1 is 1.19 bits per heavy atom. The van der Waals surface area contributed by atoms with Crippen LogP contribution >= 0.6 is 11.6 Å². The van der Waals surface area contributed by atoms with Crippen LogP contribution in [0, 0.1) is 11.7 Å². The van der Waals surface area contributed by atoms with E-state index in [1.807, 2.05) is 13.8 Å². The summed E-state index contributed by atoms with van der Waals surface area (Å²) in [6.07, 6.45) is -0.512. The maximum absolute atomic E-state index is 14.5. The molecular formula is C23H25ClFNO5. The number of nitrogens with zero attached hydrogens (tertiary/aromatic N) is 1. The summed E-state index contributed by atoms with van der Waals surface area (Å²) in [6, 6.07) is 7.47. The molecule has 0 aliphatic rings. The third kappa shape index (κ3) is 4.45. The Kier molecular flexibility index (Phi) is 7.01. The summed E-state index contributed by atoms with van der Waals surface area (Å²) in [4.78, 5) is 13.0. The van der Waals surface area contributed by atoms with Gasteiger partial charge in [0, 0.05) is 24.1 Å². The van der Waals surface area contributed by atoms with Gasteiger partial charge in [0.2, 0.25) is 0 Å². The number of aliphatic hydroxyl groups excluding tert-OH is 2. The highest BCUT2D eigenvalue weighted by atomic mass is 35.5. The van der Waals surface area contributed by atoms with Crippen LogP contribution in [0.15, 0.2) is 41.3 Å². The predicted octanol–water partition coefficient (Wildman–Crippen LogP) is 3.57. The molecule has 0 saturated carbocycles. The van der Waals surface area contributed by atoms with E-state index in [9.17, 15) is 24.5 Å². The fourth-order valence-electron chi connectivity index (χ4n) is 3.74. The molecule has 0 unspecified atom stereocenters. The van der Waals surface area contributed by atoms with Crippen LogP contribution in [0.2, 0.25) is 5.02 Å². The van der Waals surface area contributed by atoms with E-state index < -0.39 is 23.6 Å². The highest BCUT2D eigenvalue weighted by Crippen LogP contribution is 2.32. The van der Waals surface area contributed by atoms with Crippen LogP contribution in [0.1, 0.15) is 42.9 Å². The Balaban J connectivity index is 2.31. The minimum absolute atomic E-state index is 0.00646. The summed E-state index contributed by atoms with van der Waals surface area (Å²) < 4.78 is 21.6. The van der Waals surface area contributed by atoms with Gasteiger partial charge in [0.15, 0.2) is 11.7 Å². The van der Waals surface area contributed by atoms with Gasteiger partial charge in [-0.1, -0.05) is 37.6 Å². The predicted molar refractivity (Wildman–Crippen MR) is 117 cm³/mol. The number of rotatable bonds is 7. The first-order valence-corrected chi connectivity index (χ1v) is 10.2. The Hall–Kier alpha value is -2.45. The molecule has 8 heteroatoms. The summed E-state index contributed by atoms with van der Waals surface area (Å²) in [5, 5.41) is 29.6. The van der Waals surface area contributed by atoms with Gasteiger partial charge < -0.3 is 24.6 Å².